The average Bonchev–Trinajstić information content (AvgIpc) is 1.63. The lowest BCUT2D eigenvalue weighted by Crippen LogP contribution is -2.86. The van der Waals surface area contributed by atoms with Crippen LogP contribution in [-0.4, -0.2) is 91.1 Å². The summed E-state index contributed by atoms with van der Waals surface area (Å²) in [6.45, 7) is 2.17. The lowest BCUT2D eigenvalue weighted by atomic mass is 9.32. The number of esters is 1. The molecule has 7 N–H and O–H groups in total. The highest BCUT2D eigenvalue weighted by Gasteiger charge is 2.88. The summed E-state index contributed by atoms with van der Waals surface area (Å²) in [7, 11) is 1.96. The van der Waals surface area contributed by atoms with Gasteiger partial charge in [-0.1, -0.05) is 117 Å². The first-order valence-electron chi connectivity index (χ1n) is 35.8. The van der Waals surface area contributed by atoms with E-state index in [9.17, 15) is 20.1 Å². The highest BCUT2D eigenvalue weighted by molar-refractivity contribution is 5.86. The summed E-state index contributed by atoms with van der Waals surface area (Å²) in [5.41, 5.74) is -1.53. The van der Waals surface area contributed by atoms with E-state index in [0.29, 0.717) is 62.2 Å². The highest BCUT2D eigenvalue weighted by Crippen LogP contribution is 2.81. The van der Waals surface area contributed by atoms with Crippen molar-refractivity contribution in [1.29, 1.82) is 0 Å². The molecule has 10 nitrogen and oxygen atoms in total. The highest BCUT2D eigenvalue weighted by atomic mass is 16.5. The summed E-state index contributed by atoms with van der Waals surface area (Å²) < 4.78 is 6.60. The summed E-state index contributed by atoms with van der Waals surface area (Å²) in [5.74, 6) is 5.83. The second-order valence-corrected chi connectivity index (χ2v) is 33.0. The van der Waals surface area contributed by atoms with Crippen molar-refractivity contribution in [2.24, 2.45) is 98.6 Å². The summed E-state index contributed by atoms with van der Waals surface area (Å²) in [6, 6.07) is 24.6. The average molecular weight is 1200 g/mol. The van der Waals surface area contributed by atoms with Crippen LogP contribution in [0.2, 0.25) is 0 Å². The Morgan fingerprint density at radius 1 is 0.742 bits per heavy atom. The molecule has 1 aliphatic heterocycles. The Hall–Kier alpha value is -4.44. The number of hydrogen-bond donors (Lipinski definition) is 7. The first-order chi connectivity index (χ1) is 43.1. The summed E-state index contributed by atoms with van der Waals surface area (Å²) in [4.78, 5) is 30.3. The minimum Gasteiger partial charge on any atom is -0.454 e. The lowest BCUT2D eigenvalue weighted by Gasteiger charge is -2.75. The standard InChI is InChI=1S/C79H97NO9/c1-3-57-51-15-6-10-45(31-51)30-46-22-26-73(39-46)27-23-48-13-7-18-55(41-81)59(48)37-66(80-2)61-34-56-40-77(86)75(42-73,69(56)62-38-68(83)89-70(61)62)29-25-67-76(44-82)43-74(28-24-54-33-50(20-21-63(54)74)49-14-8-16-52(57)32-49)71(84)64-35-53-17-9-19-58(47-11-4-5-12-47)60(53)36-65(78(64,76)87)72(85)79(67,77)88/h6-10,13-18,31-32,38,44,46-47,50,53-54,56-58,60-61,63-67,69-72,80-81,84-88H,3-5,11-12,19-22,24-26,28-30,33-37,39-43H2,1-2H3/t46-,50+,53+,54-,56-,57+,58-,60-,61-,63+,64-,65+,66-,67+,69+,70+,71+,72-,73-,74-,75-,76-,77+,78+,79+/m0/s1. The van der Waals surface area contributed by atoms with E-state index in [2.05, 4.69) is 90.8 Å². The van der Waals surface area contributed by atoms with E-state index in [0.717, 1.165) is 112 Å². The van der Waals surface area contributed by atoms with Crippen LogP contribution in [0.1, 0.15) is 199 Å². The molecule has 10 fully saturated rings. The normalized spacial score (nSPS) is 48.7. The maximum atomic E-state index is 15.9. The minimum atomic E-state index is -2.29. The molecular weight excluding hydrogens is 1110 g/mol. The van der Waals surface area contributed by atoms with Gasteiger partial charge in [-0.15, -0.1) is 0 Å². The van der Waals surface area contributed by atoms with Crippen LogP contribution in [0.25, 0.3) is 0 Å². The third kappa shape index (κ3) is 7.88. The van der Waals surface area contributed by atoms with Crippen LogP contribution in [0.15, 0.2) is 90.5 Å². The number of rotatable bonds is 5. The molecule has 0 saturated heterocycles. The van der Waals surface area contributed by atoms with Crippen LogP contribution < -0.4 is 5.32 Å². The van der Waals surface area contributed by atoms with Crippen molar-refractivity contribution in [1.82, 2.24) is 5.32 Å². The molecule has 18 aliphatic rings. The van der Waals surface area contributed by atoms with Gasteiger partial charge in [-0.25, -0.2) is 4.79 Å². The molecule has 0 aromatic heterocycles. The molecule has 0 radical (unpaired) electrons. The number of aliphatic hydroxyl groups excluding tert-OH is 3. The van der Waals surface area contributed by atoms with Gasteiger partial charge in [0.25, 0.3) is 0 Å². The molecule has 3 aromatic carbocycles. The first-order valence-corrected chi connectivity index (χ1v) is 35.8. The van der Waals surface area contributed by atoms with Crippen molar-refractivity contribution in [3.05, 3.63) is 129 Å². The van der Waals surface area contributed by atoms with E-state index < -0.39 is 86.4 Å². The summed E-state index contributed by atoms with van der Waals surface area (Å²) in [5, 5.41) is 89.6. The molecule has 3 aromatic rings. The van der Waals surface area contributed by atoms with Gasteiger partial charge in [0.1, 0.15) is 23.6 Å². The Labute approximate surface area is 527 Å². The Morgan fingerprint density at radius 3 is 2.35 bits per heavy atom. The Balaban J connectivity index is 0.909. The van der Waals surface area contributed by atoms with E-state index in [1.807, 2.05) is 19.2 Å². The largest absolute Gasteiger partial charge is 0.454 e. The molecule has 10 heteroatoms. The smallest absolute Gasteiger partial charge is 0.331 e. The fraction of sp³-hybridized carbons (Fsp3) is 0.671. The predicted octanol–water partition coefficient (Wildman–Crippen LogP) is 11.4. The van der Waals surface area contributed by atoms with Gasteiger partial charge in [0.15, 0.2) is 0 Å². The molecule has 17 aliphatic carbocycles. The van der Waals surface area contributed by atoms with Gasteiger partial charge in [-0.05, 0) is 240 Å². The molecule has 21 rings (SSSR count). The number of carbonyl (C=O) groups is 2. The second-order valence-electron chi connectivity index (χ2n) is 33.0. The second kappa shape index (κ2) is 20.8. The van der Waals surface area contributed by atoms with E-state index in [4.69, 9.17) is 4.74 Å². The molecule has 3 spiro atoms. The molecule has 472 valence electrons. The van der Waals surface area contributed by atoms with Crippen LogP contribution in [0.5, 0.6) is 0 Å². The van der Waals surface area contributed by atoms with E-state index in [1.165, 1.54) is 35.1 Å². The molecule has 1 heterocycles. The predicted molar refractivity (Wildman–Crippen MR) is 339 cm³/mol. The number of aliphatic hydroxyl groups is 6. The van der Waals surface area contributed by atoms with Crippen molar-refractivity contribution < 1.29 is 45.0 Å². The van der Waals surface area contributed by atoms with E-state index in [1.54, 1.807) is 6.08 Å². The Morgan fingerprint density at radius 2 is 1.54 bits per heavy atom. The number of ether oxygens (including phenoxy) is 1. The number of aldehydes is 1. The molecule has 89 heavy (non-hydrogen) atoms. The van der Waals surface area contributed by atoms with Gasteiger partial charge in [-0.2, -0.15) is 0 Å². The van der Waals surface area contributed by atoms with Crippen molar-refractivity contribution >= 4 is 12.3 Å². The SMILES string of the molecule is CC[C@@H]1c2cccc(c2)C[C@@H]2CC[C@]3(C#Cc4cccc(CO)c4C[C@H](NC)[C@@H]4C[C@H]5C[C@@]6(O)[C@@](CC[C@H]7[C@@]6(O)[C@@H](O)[C@H]6C[C@H]8[C@H](C=CC[C@H]8C8CCCC8)C[C@H]8[C@@H](O)[C@@]9(CC[C@H]%10C[C@@H](CC[C@H]%109)c9cccc1c9)C[C@@]7(C=O)[C@]68O)(C3)[C@H]5C1=CC(=O)O[C@@H]14)C2. The maximum Gasteiger partial charge on any atom is 0.331 e. The molecule has 0 amide bonds. The zero-order valence-electron chi connectivity index (χ0n) is 52.7. The third-order valence-electron chi connectivity index (χ3n) is 30.1. The van der Waals surface area contributed by atoms with Crippen molar-refractivity contribution in [3.63, 3.8) is 0 Å². The van der Waals surface area contributed by atoms with Gasteiger partial charge in [0, 0.05) is 63.5 Å². The maximum absolute atomic E-state index is 15.9. The van der Waals surface area contributed by atoms with Gasteiger partial charge >= 0.3 is 5.97 Å². The third-order valence-corrected chi connectivity index (χ3v) is 30.1. The van der Waals surface area contributed by atoms with Crippen LogP contribution in [0.3, 0.4) is 0 Å². The molecular formula is C79H97NO9. The number of fused-ring (bicyclic) bond motifs is 2. The molecule has 25 atom stereocenters. The van der Waals surface area contributed by atoms with Gasteiger partial charge in [-0.3, -0.25) is 0 Å². The van der Waals surface area contributed by atoms with Gasteiger partial charge < -0.3 is 45.5 Å². The molecule has 0 unspecified atom stereocenters. The number of nitrogens with one attached hydrogen (secondary N) is 1. The number of hydrogen-bond acceptors (Lipinski definition) is 10. The zero-order chi connectivity index (χ0) is 60.8. The molecule has 10 saturated carbocycles. The Kier molecular flexibility index (Phi) is 13.6. The topological polar surface area (TPSA) is 177 Å². The van der Waals surface area contributed by atoms with Crippen LogP contribution in [0.4, 0.5) is 0 Å². The fourth-order valence-corrected chi connectivity index (χ4v) is 26.9. The number of benzene rings is 3. The first kappa shape index (κ1) is 58.4. The van der Waals surface area contributed by atoms with Crippen molar-refractivity contribution in [2.75, 3.05) is 7.05 Å². The minimum absolute atomic E-state index is 0.01000. The lowest BCUT2D eigenvalue weighted by molar-refractivity contribution is -0.386. The Bertz CT molecular complexity index is 3480. The van der Waals surface area contributed by atoms with E-state index in [-0.39, 0.29) is 73.3 Å². The zero-order valence-corrected chi connectivity index (χ0v) is 52.7. The quantitative estimate of drug-likeness (QED) is 0.0563. The fourth-order valence-electron chi connectivity index (χ4n) is 26.9. The monoisotopic (exact) mass is 1200 g/mol. The van der Waals surface area contributed by atoms with Crippen LogP contribution in [-0.2, 0) is 33.8 Å². The van der Waals surface area contributed by atoms with Crippen molar-refractivity contribution in [3.8, 4) is 11.8 Å². The number of allylic oxidation sites excluding steroid dienone is 2. The summed E-state index contributed by atoms with van der Waals surface area (Å²) >= 11 is 0. The van der Waals surface area contributed by atoms with Crippen LogP contribution >= 0.6 is 0 Å². The molecule has 17 bridgehead atoms. The summed E-state index contributed by atoms with van der Waals surface area (Å²) in [6.07, 6.45) is 22.0. The van der Waals surface area contributed by atoms with Crippen molar-refractivity contribution in [2.45, 2.75) is 221 Å². The van der Waals surface area contributed by atoms with Gasteiger partial charge in [0.2, 0.25) is 0 Å². The van der Waals surface area contributed by atoms with E-state index >= 15 is 20.1 Å². The number of likely N-dealkylation sites (N-methyl/N-ethyl adjacent to an activating group) is 1. The van der Waals surface area contributed by atoms with Crippen LogP contribution in [0, 0.1) is 110 Å². The van der Waals surface area contributed by atoms with Gasteiger partial charge in [0.05, 0.1) is 29.8 Å². The number of carbonyl (C=O) groups excluding carboxylic acids is 2.